The van der Waals surface area contributed by atoms with Gasteiger partial charge in [-0.25, -0.2) is 4.98 Å². The molecular weight excluding hydrogens is 1260 g/mol. The van der Waals surface area contributed by atoms with Gasteiger partial charge in [-0.05, 0) is 106 Å². The molecule has 0 unspecified atom stereocenters. The Kier molecular flexibility index (Phi) is 13.1. The zero-order valence-corrected chi connectivity index (χ0v) is 53.6. The minimum Gasteiger partial charge on any atom is -0.510 e. The first kappa shape index (κ1) is 48.4. The van der Waals surface area contributed by atoms with E-state index in [0.29, 0.717) is 39.8 Å². The van der Waals surface area contributed by atoms with E-state index < -0.39 is 61.9 Å². The van der Waals surface area contributed by atoms with Crippen LogP contribution in [-0.4, -0.2) is 22.2 Å². The molecular formula is C80H72N4OPtSi-2. The minimum absolute atomic E-state index is 0. The van der Waals surface area contributed by atoms with Crippen LogP contribution in [0.3, 0.4) is 0 Å². The molecule has 0 aliphatic heterocycles. The van der Waals surface area contributed by atoms with Gasteiger partial charge in [0.05, 0.1) is 23.6 Å². The van der Waals surface area contributed by atoms with Crippen molar-refractivity contribution in [2.75, 3.05) is 0 Å². The molecule has 0 radical (unpaired) electrons. The van der Waals surface area contributed by atoms with E-state index in [1.54, 1.807) is 26.8 Å². The summed E-state index contributed by atoms with van der Waals surface area (Å²) in [5, 5.41) is 6.61. The fraction of sp³-hybridized carbons (Fsp3) is 0.175. The van der Waals surface area contributed by atoms with Crippen molar-refractivity contribution in [1.82, 2.24) is 14.1 Å². The Labute approximate surface area is 541 Å². The first-order valence-electron chi connectivity index (χ1n) is 33.8. The molecule has 0 fully saturated rings. The second-order valence-electron chi connectivity index (χ2n) is 25.1. The topological polar surface area (TPSA) is 35.9 Å². The Morgan fingerprint density at radius 3 is 1.77 bits per heavy atom. The minimum atomic E-state index is -3.04. The Hall–Kier alpha value is -8.67. The number of imidazole rings is 1. The summed E-state index contributed by atoms with van der Waals surface area (Å²) in [7, 11) is -3.04. The normalized spacial score (nSPS) is 14.0. The molecule has 87 heavy (non-hydrogen) atoms. The maximum Gasteiger partial charge on any atom is 0.268 e. The molecule has 0 aliphatic rings. The molecule has 0 amide bonds. The molecule has 7 heteroatoms. The second kappa shape index (κ2) is 23.5. The zero-order valence-electron chi connectivity index (χ0n) is 59.3. The van der Waals surface area contributed by atoms with Crippen LogP contribution in [0.1, 0.15) is 91.3 Å². The van der Waals surface area contributed by atoms with Gasteiger partial charge in [-0.1, -0.05) is 268 Å². The Morgan fingerprint density at radius 1 is 0.529 bits per heavy atom. The van der Waals surface area contributed by atoms with Crippen molar-refractivity contribution >= 4 is 61.7 Å². The van der Waals surface area contributed by atoms with Gasteiger partial charge in [0.25, 0.3) is 6.33 Å². The van der Waals surface area contributed by atoms with Crippen molar-refractivity contribution in [3.05, 3.63) is 284 Å². The van der Waals surface area contributed by atoms with E-state index in [9.17, 15) is 5.48 Å². The van der Waals surface area contributed by atoms with E-state index >= 15 is 0 Å². The molecule has 0 N–H and O–H groups in total. The summed E-state index contributed by atoms with van der Waals surface area (Å²) >= 11 is 0. The van der Waals surface area contributed by atoms with Crippen LogP contribution >= 0.6 is 0 Å². The van der Waals surface area contributed by atoms with E-state index in [4.69, 9.17) is 16.6 Å². The number of hydrogen-bond acceptors (Lipinski definition) is 2. The van der Waals surface area contributed by atoms with Gasteiger partial charge in [0.2, 0.25) is 0 Å². The number of benzene rings is 10. The summed E-state index contributed by atoms with van der Waals surface area (Å²) in [6, 6.07) is 77.5. The molecule has 3 aromatic heterocycles. The zero-order chi connectivity index (χ0) is 67.3. The molecule has 13 rings (SSSR count). The van der Waals surface area contributed by atoms with E-state index in [2.05, 4.69) is 173 Å². The molecule has 0 spiro atoms. The predicted molar refractivity (Wildman–Crippen MR) is 359 cm³/mol. The number of hydrogen-bond donors (Lipinski definition) is 0. The van der Waals surface area contributed by atoms with Crippen LogP contribution in [0.4, 0.5) is 0 Å². The van der Waals surface area contributed by atoms with E-state index in [0.717, 1.165) is 44.0 Å². The number of nitrogens with zero attached hydrogens (tertiary/aromatic N) is 4. The first-order chi connectivity index (χ1) is 45.1. The van der Waals surface area contributed by atoms with Crippen molar-refractivity contribution in [2.24, 2.45) is 10.8 Å². The quantitative estimate of drug-likeness (QED) is 0.0499. The summed E-state index contributed by atoms with van der Waals surface area (Å²) in [5.74, 6) is 1.05. The van der Waals surface area contributed by atoms with E-state index in [1.165, 1.54) is 26.9 Å². The first-order valence-corrected chi connectivity index (χ1v) is 31.3. The van der Waals surface area contributed by atoms with Gasteiger partial charge in [0.1, 0.15) is 5.82 Å². The van der Waals surface area contributed by atoms with Crippen molar-refractivity contribution in [1.29, 1.82) is 0 Å². The third-order valence-electron chi connectivity index (χ3n) is 15.7. The summed E-state index contributed by atoms with van der Waals surface area (Å²) in [4.78, 5) is 4.91. The number of para-hydroxylation sites is 3. The molecule has 13 aromatic rings. The third-order valence-corrected chi connectivity index (χ3v) is 20.4. The van der Waals surface area contributed by atoms with Crippen molar-refractivity contribution in [3.63, 3.8) is 0 Å². The van der Waals surface area contributed by atoms with Crippen LogP contribution in [0.5, 0.6) is 11.5 Å². The average Bonchev–Trinajstić information content (AvgIpc) is 1.18. The second-order valence-corrected chi connectivity index (χ2v) is 28.9. The van der Waals surface area contributed by atoms with Gasteiger partial charge in [-0.2, -0.15) is 18.2 Å². The van der Waals surface area contributed by atoms with Crippen LogP contribution in [0.25, 0.3) is 72.3 Å². The predicted octanol–water partition coefficient (Wildman–Crippen LogP) is 16.8. The fourth-order valence-electron chi connectivity index (χ4n) is 12.0. The largest absolute Gasteiger partial charge is 0.510 e. The maximum atomic E-state index is 10.3. The van der Waals surface area contributed by atoms with Crippen LogP contribution < -0.4 is 30.1 Å². The molecule has 0 aliphatic carbocycles. The van der Waals surface area contributed by atoms with Crippen LogP contribution in [0.15, 0.2) is 249 Å². The van der Waals surface area contributed by atoms with Gasteiger partial charge < -0.3 is 13.9 Å². The molecule has 10 aromatic carbocycles. The molecule has 0 saturated carbocycles. The summed E-state index contributed by atoms with van der Waals surface area (Å²) < 4.78 is 95.7. The monoisotopic (exact) mass is 1340 g/mol. The molecule has 0 bridgehead atoms. The average molecular weight is 1340 g/mol. The third kappa shape index (κ3) is 11.5. The number of aromatic nitrogens is 4. The molecule has 434 valence electrons. The smallest absolute Gasteiger partial charge is 0.268 e. The summed E-state index contributed by atoms with van der Waals surface area (Å²) in [6.45, 7) is 17.7. The number of ether oxygens (including phenoxy) is 1. The summed E-state index contributed by atoms with van der Waals surface area (Å²) in [6.07, 6.45) is 1.21. The van der Waals surface area contributed by atoms with E-state index in [1.807, 2.05) is 107 Å². The van der Waals surface area contributed by atoms with Crippen molar-refractivity contribution < 1.29 is 42.7 Å². The van der Waals surface area contributed by atoms with Gasteiger partial charge in [-0.3, -0.25) is 4.57 Å². The number of pyridine rings is 1. The van der Waals surface area contributed by atoms with Gasteiger partial charge in [-0.15, -0.1) is 29.7 Å². The van der Waals surface area contributed by atoms with Crippen molar-refractivity contribution in [2.45, 2.75) is 80.5 Å². The van der Waals surface area contributed by atoms with Crippen LogP contribution in [-0.2, 0) is 39.2 Å². The SMILES string of the molecule is [2H]c1c([2H])c([2H])c(-c2cnc(-n3c4[c-]c(Oc5[c-]c(-n6[c-][n+](-c7c(-c8cccc([Si](c9ccccc9)(c9ccccc9)c9ccccc9)c8)cc(C(C)(C)C)cc7C([2H])([2H])C(C)(C)C)c7ccccc76)ccc5)ccc4c4ccccc43)cc2C([2H])([2H])C(C)(C)C)c([2H])c1[2H].[Pt]. The van der Waals surface area contributed by atoms with Gasteiger partial charge in [0.15, 0.2) is 8.07 Å². The van der Waals surface area contributed by atoms with Gasteiger partial charge in [0, 0.05) is 55.3 Å². The van der Waals surface area contributed by atoms with Crippen molar-refractivity contribution in [3.8, 4) is 50.9 Å². The number of fused-ring (bicyclic) bond motifs is 4. The molecule has 5 nitrogen and oxygen atoms in total. The Morgan fingerprint density at radius 2 is 1.11 bits per heavy atom. The van der Waals surface area contributed by atoms with Crippen LogP contribution in [0, 0.1) is 29.3 Å². The standard InChI is InChI=1S/C80H72N4OSi.Pt/c1-78(2,3)52-58-48-76(81-54-71(58)56-28-14-10-15-29-56)84-72-41-23-22-40-68(72)69-45-44-63(51-75(69)84)85-62-32-27-31-61(50-62)82-55-83(74-43-25-24-42-73(74)82)77-59(53-79(4,5)6)46-60(80(7,8)9)49-70(77)57-30-26-39-67(47-57)86(64-33-16-11-17-34-64,65-35-18-12-19-36-65)66-37-20-13-21-38-66;/h10-49,54H,52-53H2,1-9H3;/q-2;/i10D,14D,15D,28D,29D,52D2,53D2;. The van der Waals surface area contributed by atoms with E-state index in [-0.39, 0.29) is 43.2 Å². The maximum absolute atomic E-state index is 10.3. The fourth-order valence-corrected chi connectivity index (χ4v) is 16.8. The van der Waals surface area contributed by atoms with Crippen LogP contribution in [0.2, 0.25) is 0 Å². The molecule has 3 heterocycles. The molecule has 0 atom stereocenters. The Bertz CT molecular complexity index is 5010. The Balaban J connectivity index is 0.00000881. The number of rotatable bonds is 13. The molecule has 0 saturated heterocycles. The summed E-state index contributed by atoms with van der Waals surface area (Å²) in [5.41, 5.74) is 5.34. The van der Waals surface area contributed by atoms with Gasteiger partial charge >= 0.3 is 0 Å².